The minimum Gasteiger partial charge on any atom is -0.325 e. The summed E-state index contributed by atoms with van der Waals surface area (Å²) in [5.41, 5.74) is 1.44. The maximum atomic E-state index is 12.3. The Hall–Kier alpha value is -3.36. The summed E-state index contributed by atoms with van der Waals surface area (Å²) in [5, 5.41) is 16.8. The molecule has 3 aromatic rings. The highest BCUT2D eigenvalue weighted by Crippen LogP contribution is 2.23. The van der Waals surface area contributed by atoms with E-state index in [4.69, 9.17) is 11.6 Å². The first-order chi connectivity index (χ1) is 14.4. The average Bonchev–Trinajstić information content (AvgIpc) is 2.74. The minimum atomic E-state index is -0.522. The van der Waals surface area contributed by atoms with Crippen LogP contribution in [0.4, 0.5) is 17.1 Å². The highest BCUT2D eigenvalue weighted by molar-refractivity contribution is 8.00. The summed E-state index contributed by atoms with van der Waals surface area (Å²) >= 11 is 7.15. The van der Waals surface area contributed by atoms with Crippen LogP contribution >= 0.6 is 23.4 Å². The molecule has 0 saturated carbocycles. The number of nitro benzene ring substituents is 1. The van der Waals surface area contributed by atoms with E-state index < -0.39 is 4.92 Å². The van der Waals surface area contributed by atoms with E-state index in [1.165, 1.54) is 36.0 Å². The first-order valence-corrected chi connectivity index (χ1v) is 10.1. The second kappa shape index (κ2) is 9.91. The molecule has 2 amide bonds. The molecule has 2 N–H and O–H groups in total. The molecule has 9 heteroatoms. The van der Waals surface area contributed by atoms with Crippen molar-refractivity contribution in [1.29, 1.82) is 0 Å². The van der Waals surface area contributed by atoms with Crippen LogP contribution < -0.4 is 10.6 Å². The summed E-state index contributed by atoms with van der Waals surface area (Å²) < 4.78 is 0. The van der Waals surface area contributed by atoms with Crippen molar-refractivity contribution in [2.45, 2.75) is 4.90 Å². The summed E-state index contributed by atoms with van der Waals surface area (Å²) in [7, 11) is 0. The maximum Gasteiger partial charge on any atom is 0.269 e. The van der Waals surface area contributed by atoms with Crippen molar-refractivity contribution in [3.8, 4) is 0 Å². The average molecular weight is 442 g/mol. The van der Waals surface area contributed by atoms with Crippen molar-refractivity contribution in [2.24, 2.45) is 0 Å². The molecule has 3 aromatic carbocycles. The maximum absolute atomic E-state index is 12.3. The molecule has 0 aliphatic rings. The lowest BCUT2D eigenvalue weighted by atomic mass is 10.2. The van der Waals surface area contributed by atoms with E-state index in [2.05, 4.69) is 10.6 Å². The molecule has 3 rings (SSSR count). The molecule has 0 fully saturated rings. The molecule has 0 spiro atoms. The highest BCUT2D eigenvalue weighted by atomic mass is 35.5. The smallest absolute Gasteiger partial charge is 0.269 e. The van der Waals surface area contributed by atoms with Gasteiger partial charge in [-0.2, -0.15) is 0 Å². The van der Waals surface area contributed by atoms with Gasteiger partial charge >= 0.3 is 0 Å². The normalized spacial score (nSPS) is 10.3. The number of carbonyl (C=O) groups excluding carboxylic acids is 2. The predicted molar refractivity (Wildman–Crippen MR) is 118 cm³/mol. The molecular weight excluding hydrogens is 426 g/mol. The Balaban J connectivity index is 1.56. The van der Waals surface area contributed by atoms with Crippen LogP contribution in [-0.2, 0) is 4.79 Å². The first kappa shape index (κ1) is 21.4. The van der Waals surface area contributed by atoms with Crippen molar-refractivity contribution in [1.82, 2.24) is 0 Å². The van der Waals surface area contributed by atoms with Gasteiger partial charge in [0.1, 0.15) is 0 Å². The second-order valence-electron chi connectivity index (χ2n) is 6.13. The molecule has 7 nitrogen and oxygen atoms in total. The monoisotopic (exact) mass is 441 g/mol. The van der Waals surface area contributed by atoms with E-state index in [-0.39, 0.29) is 23.3 Å². The Bertz CT molecular complexity index is 1070. The zero-order valence-corrected chi connectivity index (χ0v) is 17.1. The van der Waals surface area contributed by atoms with Crippen molar-refractivity contribution in [3.63, 3.8) is 0 Å². The van der Waals surface area contributed by atoms with Crippen LogP contribution in [0.1, 0.15) is 10.4 Å². The number of benzene rings is 3. The van der Waals surface area contributed by atoms with E-state index >= 15 is 0 Å². The minimum absolute atomic E-state index is 0.0816. The van der Waals surface area contributed by atoms with E-state index in [0.29, 0.717) is 22.0 Å². The van der Waals surface area contributed by atoms with Crippen LogP contribution in [0.3, 0.4) is 0 Å². The number of hydrogen-bond acceptors (Lipinski definition) is 5. The molecule has 0 aromatic heterocycles. The number of carbonyl (C=O) groups is 2. The van der Waals surface area contributed by atoms with E-state index in [9.17, 15) is 19.7 Å². The van der Waals surface area contributed by atoms with Gasteiger partial charge in [-0.1, -0.05) is 17.7 Å². The number of halogens is 1. The molecule has 0 unspecified atom stereocenters. The Kier molecular flexibility index (Phi) is 7.05. The SMILES string of the molecule is O=C(CSc1cccc(NC(=O)c2ccc([N+](=O)[O-])cc2)c1)Nc1ccc(Cl)cc1. The summed E-state index contributed by atoms with van der Waals surface area (Å²) in [5.74, 6) is -0.349. The number of nitrogens with one attached hydrogen (secondary N) is 2. The lowest BCUT2D eigenvalue weighted by molar-refractivity contribution is -0.384. The quantitative estimate of drug-likeness (QED) is 0.297. The Morgan fingerprint density at radius 3 is 2.30 bits per heavy atom. The van der Waals surface area contributed by atoms with Crippen LogP contribution in [0.15, 0.2) is 77.7 Å². The zero-order chi connectivity index (χ0) is 21.5. The van der Waals surface area contributed by atoms with E-state index in [1.807, 2.05) is 6.07 Å². The third-order valence-corrected chi connectivity index (χ3v) is 5.18. The number of thioether (sulfide) groups is 1. The lowest BCUT2D eigenvalue weighted by Gasteiger charge is -2.08. The van der Waals surface area contributed by atoms with Crippen molar-refractivity contribution in [3.05, 3.63) is 93.5 Å². The van der Waals surface area contributed by atoms with E-state index in [1.54, 1.807) is 42.5 Å². The molecular formula is C21H16ClN3O4S. The van der Waals surface area contributed by atoms with Crippen molar-refractivity contribution < 1.29 is 14.5 Å². The highest BCUT2D eigenvalue weighted by Gasteiger charge is 2.10. The van der Waals surface area contributed by atoms with Crippen LogP contribution in [0.25, 0.3) is 0 Å². The van der Waals surface area contributed by atoms with E-state index in [0.717, 1.165) is 4.90 Å². The first-order valence-electron chi connectivity index (χ1n) is 8.75. The fraction of sp³-hybridized carbons (Fsp3) is 0.0476. The van der Waals surface area contributed by atoms with Crippen LogP contribution in [-0.4, -0.2) is 22.5 Å². The van der Waals surface area contributed by atoms with Gasteiger partial charge in [0.15, 0.2) is 0 Å². The number of non-ortho nitro benzene ring substituents is 1. The standard InChI is InChI=1S/C21H16ClN3O4S/c22-15-6-8-16(9-7-15)23-20(26)13-30-19-3-1-2-17(12-19)24-21(27)14-4-10-18(11-5-14)25(28)29/h1-12H,13H2,(H,23,26)(H,24,27). The fourth-order valence-corrected chi connectivity index (χ4v) is 3.36. The van der Waals surface area contributed by atoms with Gasteiger partial charge in [0.05, 0.1) is 10.7 Å². The topological polar surface area (TPSA) is 101 Å². The number of nitro groups is 1. The van der Waals surface area contributed by atoms with Gasteiger partial charge in [-0.3, -0.25) is 19.7 Å². The number of rotatable bonds is 7. The number of anilines is 2. The molecule has 0 saturated heterocycles. The van der Waals surface area contributed by atoms with Crippen LogP contribution in [0.2, 0.25) is 5.02 Å². The van der Waals surface area contributed by atoms with Gasteiger partial charge < -0.3 is 10.6 Å². The molecule has 0 atom stereocenters. The summed E-state index contributed by atoms with van der Waals surface area (Å²) in [4.78, 5) is 35.4. The lowest BCUT2D eigenvalue weighted by Crippen LogP contribution is -2.14. The van der Waals surface area contributed by atoms with Gasteiger partial charge in [-0.15, -0.1) is 11.8 Å². The molecule has 0 aliphatic heterocycles. The summed E-state index contributed by atoms with van der Waals surface area (Å²) in [6, 6.07) is 19.3. The Morgan fingerprint density at radius 1 is 0.933 bits per heavy atom. The molecule has 0 aliphatic carbocycles. The summed E-state index contributed by atoms with van der Waals surface area (Å²) in [6.45, 7) is 0. The zero-order valence-electron chi connectivity index (χ0n) is 15.5. The van der Waals surface area contributed by atoms with Crippen molar-refractivity contribution in [2.75, 3.05) is 16.4 Å². The predicted octanol–water partition coefficient (Wildman–Crippen LogP) is 5.23. The molecule has 152 valence electrons. The summed E-state index contributed by atoms with van der Waals surface area (Å²) in [6.07, 6.45) is 0. The molecule has 0 radical (unpaired) electrons. The number of nitrogens with zero attached hydrogens (tertiary/aromatic N) is 1. The van der Waals surface area contributed by atoms with Crippen LogP contribution in [0.5, 0.6) is 0 Å². The third-order valence-electron chi connectivity index (χ3n) is 3.93. The molecule has 0 bridgehead atoms. The Morgan fingerprint density at radius 2 is 1.63 bits per heavy atom. The van der Waals surface area contributed by atoms with Gasteiger partial charge in [-0.25, -0.2) is 0 Å². The van der Waals surface area contributed by atoms with Gasteiger partial charge in [0, 0.05) is 39.0 Å². The van der Waals surface area contributed by atoms with Gasteiger partial charge in [0.2, 0.25) is 5.91 Å². The molecule has 30 heavy (non-hydrogen) atoms. The van der Waals surface area contributed by atoms with Crippen molar-refractivity contribution >= 4 is 52.2 Å². The molecule has 0 heterocycles. The largest absolute Gasteiger partial charge is 0.325 e. The number of amides is 2. The number of hydrogen-bond donors (Lipinski definition) is 2. The Labute approximate surface area is 181 Å². The van der Waals surface area contributed by atoms with Crippen LogP contribution in [0, 0.1) is 10.1 Å². The second-order valence-corrected chi connectivity index (χ2v) is 7.61. The van der Waals surface area contributed by atoms with Gasteiger partial charge in [0.25, 0.3) is 11.6 Å². The third kappa shape index (κ3) is 6.07. The fourth-order valence-electron chi connectivity index (χ4n) is 2.48. The van der Waals surface area contributed by atoms with Gasteiger partial charge in [-0.05, 0) is 54.6 Å².